The summed E-state index contributed by atoms with van der Waals surface area (Å²) in [5.74, 6) is 1.53. The molecule has 0 fully saturated rings. The van der Waals surface area contributed by atoms with Gasteiger partial charge >= 0.3 is 0 Å². The third kappa shape index (κ3) is 2.01. The van der Waals surface area contributed by atoms with Crippen molar-refractivity contribution in [3.8, 4) is 0 Å². The van der Waals surface area contributed by atoms with Crippen molar-refractivity contribution in [3.05, 3.63) is 54.4 Å². The van der Waals surface area contributed by atoms with E-state index in [-0.39, 0.29) is 0 Å². The molecule has 16 heavy (non-hydrogen) atoms. The van der Waals surface area contributed by atoms with Crippen LogP contribution in [0, 0.1) is 0 Å². The summed E-state index contributed by atoms with van der Waals surface area (Å²) in [5, 5.41) is 1.20. The average Bonchev–Trinajstić information content (AvgIpc) is 2.72. The molecule has 0 saturated heterocycles. The Morgan fingerprint density at radius 1 is 1.38 bits per heavy atom. The molecule has 0 bridgehead atoms. The number of benzene rings is 1. The molecule has 2 aromatic rings. The molecule has 1 aromatic heterocycles. The first-order valence-corrected chi connectivity index (χ1v) is 5.28. The number of ether oxygens (including phenoxy) is 1. The highest BCUT2D eigenvalue weighted by molar-refractivity contribution is 5.82. The molecule has 0 spiro atoms. The Kier molecular flexibility index (Phi) is 2.82. The minimum atomic E-state index is 0.694. The molecule has 2 heteroatoms. The minimum absolute atomic E-state index is 0.694. The van der Waals surface area contributed by atoms with Crippen LogP contribution in [0.15, 0.2) is 48.9 Å². The number of aromatic nitrogens is 1. The maximum absolute atomic E-state index is 5.56. The predicted molar refractivity (Wildman–Crippen MR) is 67.8 cm³/mol. The lowest BCUT2D eigenvalue weighted by Crippen LogP contribution is -1.89. The average molecular weight is 213 g/mol. The molecule has 2 nitrogen and oxygen atoms in total. The Morgan fingerprint density at radius 2 is 2.19 bits per heavy atom. The number of aromatic amines is 1. The number of allylic oxidation sites excluding steroid dienone is 2. The number of rotatable bonds is 3. The number of hydrogen-bond donors (Lipinski definition) is 1. The summed E-state index contributed by atoms with van der Waals surface area (Å²) < 4.78 is 5.56. The molecule has 0 atom stereocenters. The van der Waals surface area contributed by atoms with Crippen molar-refractivity contribution in [2.24, 2.45) is 0 Å². The van der Waals surface area contributed by atoms with Crippen LogP contribution in [0.5, 0.6) is 0 Å². The monoisotopic (exact) mass is 213 g/mol. The quantitative estimate of drug-likeness (QED) is 0.763. The molecule has 0 unspecified atom stereocenters. The van der Waals surface area contributed by atoms with Crippen molar-refractivity contribution in [3.63, 3.8) is 0 Å². The van der Waals surface area contributed by atoms with Gasteiger partial charge < -0.3 is 9.72 Å². The van der Waals surface area contributed by atoms with E-state index in [0.717, 1.165) is 16.8 Å². The van der Waals surface area contributed by atoms with Crippen molar-refractivity contribution in [1.29, 1.82) is 0 Å². The van der Waals surface area contributed by atoms with E-state index in [2.05, 4.69) is 29.8 Å². The summed E-state index contributed by atoms with van der Waals surface area (Å²) in [5.41, 5.74) is 2.17. The second kappa shape index (κ2) is 4.27. The summed E-state index contributed by atoms with van der Waals surface area (Å²) in [6, 6.07) is 8.25. The van der Waals surface area contributed by atoms with E-state index in [1.165, 1.54) is 5.39 Å². The highest BCUT2D eigenvalue weighted by Gasteiger charge is 2.04. The zero-order valence-electron chi connectivity index (χ0n) is 9.58. The number of H-pyrrole nitrogens is 1. The lowest BCUT2D eigenvalue weighted by molar-refractivity contribution is 0.386. The first-order chi connectivity index (χ1) is 7.70. The highest BCUT2D eigenvalue weighted by atomic mass is 16.5. The number of nitrogens with one attached hydrogen (secondary N) is 1. The van der Waals surface area contributed by atoms with Crippen molar-refractivity contribution in [2.75, 3.05) is 0 Å². The van der Waals surface area contributed by atoms with E-state index >= 15 is 0 Å². The molecule has 82 valence electrons. The first kappa shape index (κ1) is 10.6. The van der Waals surface area contributed by atoms with Crippen molar-refractivity contribution < 1.29 is 4.74 Å². The second-order valence-corrected chi connectivity index (χ2v) is 3.74. The van der Waals surface area contributed by atoms with Gasteiger partial charge in [0, 0.05) is 17.3 Å². The van der Waals surface area contributed by atoms with Gasteiger partial charge in [0.15, 0.2) is 0 Å². The van der Waals surface area contributed by atoms with E-state index in [4.69, 9.17) is 4.74 Å². The largest absolute Gasteiger partial charge is 0.462 e. The standard InChI is InChI=1S/C14H15NO/c1-4-14(16-10(2)3)12-6-5-11-7-8-15-13(11)9-12/h4-9,15H,2H2,1,3H3/b14-4-. The van der Waals surface area contributed by atoms with Gasteiger partial charge in [-0.3, -0.25) is 0 Å². The molecule has 1 N–H and O–H groups in total. The normalized spacial score (nSPS) is 11.8. The van der Waals surface area contributed by atoms with Gasteiger partial charge in [0.1, 0.15) is 5.76 Å². The third-order valence-corrected chi connectivity index (χ3v) is 2.39. The topological polar surface area (TPSA) is 25.0 Å². The van der Waals surface area contributed by atoms with E-state index in [1.54, 1.807) is 0 Å². The van der Waals surface area contributed by atoms with Crippen LogP contribution in [-0.4, -0.2) is 4.98 Å². The molecular formula is C14H15NO. The van der Waals surface area contributed by atoms with E-state index < -0.39 is 0 Å². The maximum Gasteiger partial charge on any atom is 0.129 e. The van der Waals surface area contributed by atoms with E-state index in [1.807, 2.05) is 32.2 Å². The number of fused-ring (bicyclic) bond motifs is 1. The Morgan fingerprint density at radius 3 is 2.88 bits per heavy atom. The van der Waals surface area contributed by atoms with Crippen LogP contribution in [-0.2, 0) is 4.74 Å². The van der Waals surface area contributed by atoms with Gasteiger partial charge in [-0.1, -0.05) is 18.7 Å². The fraction of sp³-hybridized carbons (Fsp3) is 0.143. The molecular weight excluding hydrogens is 198 g/mol. The van der Waals surface area contributed by atoms with Crippen molar-refractivity contribution >= 4 is 16.7 Å². The van der Waals surface area contributed by atoms with Crippen LogP contribution < -0.4 is 0 Å². The molecule has 0 aliphatic carbocycles. The molecule has 1 aromatic carbocycles. The summed E-state index contributed by atoms with van der Waals surface area (Å²) in [7, 11) is 0. The van der Waals surface area contributed by atoms with Gasteiger partial charge in [0.25, 0.3) is 0 Å². The Hall–Kier alpha value is -1.96. The number of hydrogen-bond acceptors (Lipinski definition) is 1. The van der Waals surface area contributed by atoms with Gasteiger partial charge in [0.05, 0.1) is 5.76 Å². The lowest BCUT2D eigenvalue weighted by Gasteiger charge is -2.09. The van der Waals surface area contributed by atoms with E-state index in [9.17, 15) is 0 Å². The molecule has 0 amide bonds. The Bertz CT molecular complexity index is 549. The molecule has 0 saturated carbocycles. The van der Waals surface area contributed by atoms with Gasteiger partial charge in [-0.25, -0.2) is 0 Å². The predicted octanol–water partition coefficient (Wildman–Crippen LogP) is 4.08. The molecule has 1 heterocycles. The summed E-state index contributed by atoms with van der Waals surface area (Å²) in [6.45, 7) is 7.55. The van der Waals surface area contributed by atoms with Gasteiger partial charge in [-0.05, 0) is 37.4 Å². The maximum atomic E-state index is 5.56. The van der Waals surface area contributed by atoms with Gasteiger partial charge in [-0.2, -0.15) is 0 Å². The third-order valence-electron chi connectivity index (χ3n) is 2.39. The Balaban J connectivity index is 2.41. The van der Waals surface area contributed by atoms with Crippen LogP contribution in [0.25, 0.3) is 16.7 Å². The smallest absolute Gasteiger partial charge is 0.129 e. The van der Waals surface area contributed by atoms with Crippen molar-refractivity contribution in [2.45, 2.75) is 13.8 Å². The Labute approximate surface area is 95.2 Å². The summed E-state index contributed by atoms with van der Waals surface area (Å²) >= 11 is 0. The SMILES string of the molecule is C=C(C)O/C(=C\C)c1ccc2cc[nH]c2c1. The molecule has 2 rings (SSSR count). The van der Waals surface area contributed by atoms with Crippen LogP contribution in [0.2, 0.25) is 0 Å². The van der Waals surface area contributed by atoms with Crippen molar-refractivity contribution in [1.82, 2.24) is 4.98 Å². The molecule has 0 radical (unpaired) electrons. The first-order valence-electron chi connectivity index (χ1n) is 5.28. The fourth-order valence-electron chi connectivity index (χ4n) is 1.67. The van der Waals surface area contributed by atoms with Crippen LogP contribution in [0.4, 0.5) is 0 Å². The minimum Gasteiger partial charge on any atom is -0.462 e. The van der Waals surface area contributed by atoms with Gasteiger partial charge in [-0.15, -0.1) is 0 Å². The van der Waals surface area contributed by atoms with Crippen LogP contribution >= 0.6 is 0 Å². The summed E-state index contributed by atoms with van der Waals surface area (Å²) in [6.07, 6.45) is 3.88. The zero-order valence-corrected chi connectivity index (χ0v) is 9.58. The van der Waals surface area contributed by atoms with Gasteiger partial charge in [0.2, 0.25) is 0 Å². The van der Waals surface area contributed by atoms with Crippen LogP contribution in [0.3, 0.4) is 0 Å². The fourth-order valence-corrected chi connectivity index (χ4v) is 1.67. The molecule has 0 aliphatic rings. The molecule has 0 aliphatic heterocycles. The summed E-state index contributed by atoms with van der Waals surface area (Å²) in [4.78, 5) is 3.19. The second-order valence-electron chi connectivity index (χ2n) is 3.74. The zero-order chi connectivity index (χ0) is 11.5. The van der Waals surface area contributed by atoms with E-state index in [0.29, 0.717) is 5.76 Å². The lowest BCUT2D eigenvalue weighted by atomic mass is 10.1. The highest BCUT2D eigenvalue weighted by Crippen LogP contribution is 2.22. The van der Waals surface area contributed by atoms with Crippen LogP contribution in [0.1, 0.15) is 19.4 Å².